The summed E-state index contributed by atoms with van der Waals surface area (Å²) >= 11 is 0. The van der Waals surface area contributed by atoms with Gasteiger partial charge in [-0.05, 0) is 130 Å². The van der Waals surface area contributed by atoms with Crippen LogP contribution in [0.25, 0.3) is 105 Å². The first-order chi connectivity index (χ1) is 32.6. The average molecular weight is 847 g/mol. The highest BCUT2D eigenvalue weighted by atomic mass is 16.3. The molecule has 0 bridgehead atoms. The van der Waals surface area contributed by atoms with E-state index in [0.29, 0.717) is 0 Å². The number of hydrogen-bond acceptors (Lipinski definition) is 2. The number of nitrogens with zero attached hydrogens (tertiary/aromatic N) is 2. The largest absolute Gasteiger partial charge is 0.455 e. The molecule has 3 nitrogen and oxygen atoms in total. The summed E-state index contributed by atoms with van der Waals surface area (Å²) in [5.74, 6) is 0. The first-order valence-corrected chi connectivity index (χ1v) is 22.5. The molecule has 0 amide bonds. The van der Waals surface area contributed by atoms with Gasteiger partial charge in [-0.2, -0.15) is 0 Å². The second kappa shape index (κ2) is 17.6. The van der Waals surface area contributed by atoms with E-state index in [4.69, 9.17) is 4.42 Å². The first kappa shape index (κ1) is 40.3. The normalized spacial score (nSPS) is 11.2. The molecule has 12 rings (SSSR count). The molecule has 0 aliphatic heterocycles. The summed E-state index contributed by atoms with van der Waals surface area (Å²) in [6, 6.07) is 80.7. The Balaban J connectivity index is 0.00000156. The maximum atomic E-state index is 6.73. The molecule has 0 aliphatic carbocycles. The molecule has 0 spiro atoms. The number of pyridine rings is 1. The van der Waals surface area contributed by atoms with Crippen LogP contribution in [0.3, 0.4) is 0 Å². The van der Waals surface area contributed by atoms with Crippen LogP contribution in [0.1, 0.15) is 18.1 Å². The van der Waals surface area contributed by atoms with Crippen LogP contribution in [0.4, 0.5) is 0 Å². The quantitative estimate of drug-likeness (QED) is 0.143. The van der Waals surface area contributed by atoms with Gasteiger partial charge in [0, 0.05) is 44.6 Å². The Morgan fingerprint density at radius 1 is 0.439 bits per heavy atom. The molecule has 0 N–H and O–H groups in total. The molecule has 66 heavy (non-hydrogen) atoms. The average Bonchev–Trinajstić information content (AvgIpc) is 3.93. The molecule has 3 heterocycles. The third-order valence-electron chi connectivity index (χ3n) is 12.4. The highest BCUT2D eigenvalue weighted by molar-refractivity contribution is 6.12. The molecule has 0 atom stereocenters. The fourth-order valence-corrected chi connectivity index (χ4v) is 9.41. The van der Waals surface area contributed by atoms with Crippen molar-refractivity contribution in [2.24, 2.45) is 0 Å². The lowest BCUT2D eigenvalue weighted by Gasteiger charge is -2.11. The molecule has 3 heteroatoms. The van der Waals surface area contributed by atoms with Gasteiger partial charge in [0.2, 0.25) is 0 Å². The molecular formula is C63H46N2O. The van der Waals surface area contributed by atoms with Crippen molar-refractivity contribution in [2.75, 3.05) is 0 Å². The van der Waals surface area contributed by atoms with Crippen LogP contribution >= 0.6 is 0 Å². The second-order valence-corrected chi connectivity index (χ2v) is 16.8. The van der Waals surface area contributed by atoms with Gasteiger partial charge in [-0.25, -0.2) is 0 Å². The summed E-state index contributed by atoms with van der Waals surface area (Å²) in [5, 5.41) is 4.63. The van der Waals surface area contributed by atoms with E-state index in [2.05, 4.69) is 228 Å². The summed E-state index contributed by atoms with van der Waals surface area (Å²) in [7, 11) is 0. The maximum Gasteiger partial charge on any atom is 0.143 e. The number of fused-ring (bicyclic) bond motifs is 6. The van der Waals surface area contributed by atoms with E-state index < -0.39 is 0 Å². The van der Waals surface area contributed by atoms with Gasteiger partial charge in [-0.15, -0.1) is 6.58 Å². The smallest absolute Gasteiger partial charge is 0.143 e. The molecular weight excluding hydrogens is 801 g/mol. The van der Waals surface area contributed by atoms with Crippen molar-refractivity contribution in [3.63, 3.8) is 0 Å². The molecule has 0 unspecified atom stereocenters. The van der Waals surface area contributed by atoms with Crippen molar-refractivity contribution in [2.45, 2.75) is 13.3 Å². The van der Waals surface area contributed by atoms with Gasteiger partial charge in [0.1, 0.15) is 11.2 Å². The number of rotatable bonds is 8. The molecule has 9 aromatic carbocycles. The summed E-state index contributed by atoms with van der Waals surface area (Å²) in [4.78, 5) is 4.63. The molecule has 0 saturated carbocycles. The summed E-state index contributed by atoms with van der Waals surface area (Å²) in [6.07, 6.45) is 4.52. The lowest BCUT2D eigenvalue weighted by Crippen LogP contribution is -1.94. The third kappa shape index (κ3) is 7.67. The molecule has 314 valence electrons. The van der Waals surface area contributed by atoms with Crippen LogP contribution in [-0.4, -0.2) is 9.55 Å². The number of allylic oxidation sites excluding steroid dienone is 1. The highest BCUT2D eigenvalue weighted by Gasteiger charge is 2.17. The minimum atomic E-state index is 0.877. The van der Waals surface area contributed by atoms with E-state index >= 15 is 0 Å². The number of benzene rings is 9. The number of aromatic nitrogens is 2. The molecule has 0 radical (unpaired) electrons. The van der Waals surface area contributed by atoms with Crippen LogP contribution in [0.5, 0.6) is 0 Å². The van der Waals surface area contributed by atoms with Gasteiger partial charge in [-0.3, -0.25) is 4.98 Å². The predicted molar refractivity (Wildman–Crippen MR) is 278 cm³/mol. The zero-order valence-corrected chi connectivity index (χ0v) is 36.7. The van der Waals surface area contributed by atoms with Crippen LogP contribution < -0.4 is 0 Å². The first-order valence-electron chi connectivity index (χ1n) is 22.5. The Morgan fingerprint density at radius 2 is 1.02 bits per heavy atom. The molecule has 0 aliphatic rings. The summed E-state index contributed by atoms with van der Waals surface area (Å²) < 4.78 is 9.10. The number of furan rings is 1. The van der Waals surface area contributed by atoms with E-state index in [1.807, 2.05) is 25.3 Å². The van der Waals surface area contributed by atoms with E-state index in [1.54, 1.807) is 6.08 Å². The Bertz CT molecular complexity index is 3710. The fraction of sp³-hybridized carbons (Fsp3) is 0.0317. The van der Waals surface area contributed by atoms with Crippen molar-refractivity contribution < 1.29 is 4.42 Å². The molecule has 0 fully saturated rings. The van der Waals surface area contributed by atoms with Gasteiger partial charge in [0.25, 0.3) is 0 Å². The standard InChI is InChI=1S/C60H40N2O.C3H6/c1-2-13-40(14-3-1)33-41-15-8-16-42(34-41)43-17-9-18-44(35-43)45-19-10-20-46(36-45)47-29-31-59-55(38-47)53-25-12-24-51(60(53)63-59)48-21-11-22-50(37-48)62-57-27-5-4-23-52(57)54-39-49(28-30-58(54)62)56-26-6-7-32-61-56;1-3-2/h1-32,34-39H,33H2;3H,1H2,2H3. The molecule has 3 aromatic heterocycles. The third-order valence-corrected chi connectivity index (χ3v) is 12.4. The van der Waals surface area contributed by atoms with Crippen molar-refractivity contribution in [1.82, 2.24) is 9.55 Å². The minimum Gasteiger partial charge on any atom is -0.455 e. The van der Waals surface area contributed by atoms with Gasteiger partial charge < -0.3 is 8.98 Å². The van der Waals surface area contributed by atoms with Gasteiger partial charge in [-0.1, -0.05) is 164 Å². The Labute approximate surface area is 385 Å². The summed E-state index contributed by atoms with van der Waals surface area (Å²) in [5.41, 5.74) is 19.2. The SMILES string of the molecule is C=CC.c1ccc(Cc2cccc(-c3cccc(-c4cccc(-c5ccc6oc7c(-c8cccc(-n9c%10ccccc%10c%10cc(-c%11ccccn%11)ccc%109)c8)cccc7c6c5)c4)c3)c2)cc1. The monoisotopic (exact) mass is 846 g/mol. The Morgan fingerprint density at radius 3 is 1.77 bits per heavy atom. The number of para-hydroxylation sites is 2. The van der Waals surface area contributed by atoms with Crippen LogP contribution in [0.15, 0.2) is 248 Å². The van der Waals surface area contributed by atoms with Gasteiger partial charge in [0.05, 0.1) is 16.7 Å². The lowest BCUT2D eigenvalue weighted by molar-refractivity contribution is 0.670. The van der Waals surface area contributed by atoms with Crippen molar-refractivity contribution in [3.8, 4) is 61.5 Å². The van der Waals surface area contributed by atoms with Crippen molar-refractivity contribution >= 4 is 43.7 Å². The zero-order valence-electron chi connectivity index (χ0n) is 36.7. The second-order valence-electron chi connectivity index (χ2n) is 16.8. The van der Waals surface area contributed by atoms with E-state index in [9.17, 15) is 0 Å². The van der Waals surface area contributed by atoms with Crippen LogP contribution in [0, 0.1) is 0 Å². The van der Waals surface area contributed by atoms with Crippen LogP contribution in [-0.2, 0) is 6.42 Å². The molecule has 12 aromatic rings. The van der Waals surface area contributed by atoms with E-state index in [0.717, 1.165) is 67.5 Å². The van der Waals surface area contributed by atoms with Crippen molar-refractivity contribution in [1.29, 1.82) is 0 Å². The minimum absolute atomic E-state index is 0.877. The van der Waals surface area contributed by atoms with Crippen LogP contribution in [0.2, 0.25) is 0 Å². The van der Waals surface area contributed by atoms with E-state index in [-0.39, 0.29) is 0 Å². The number of hydrogen-bond donors (Lipinski definition) is 0. The van der Waals surface area contributed by atoms with E-state index in [1.165, 1.54) is 55.2 Å². The van der Waals surface area contributed by atoms with Gasteiger partial charge in [0.15, 0.2) is 0 Å². The maximum absolute atomic E-state index is 6.73. The zero-order chi connectivity index (χ0) is 44.4. The summed E-state index contributed by atoms with van der Waals surface area (Å²) in [6.45, 7) is 5.25. The predicted octanol–water partition coefficient (Wildman–Crippen LogP) is 17.2. The molecule has 0 saturated heterocycles. The van der Waals surface area contributed by atoms with Gasteiger partial charge >= 0.3 is 0 Å². The fourth-order valence-electron chi connectivity index (χ4n) is 9.41. The topological polar surface area (TPSA) is 31.0 Å². The van der Waals surface area contributed by atoms with Crippen molar-refractivity contribution in [3.05, 3.63) is 254 Å². The highest BCUT2D eigenvalue weighted by Crippen LogP contribution is 2.40. The Kier molecular flexibility index (Phi) is 10.7. The Hall–Kier alpha value is -8.53. The lowest BCUT2D eigenvalue weighted by atomic mass is 9.94.